The summed E-state index contributed by atoms with van der Waals surface area (Å²) in [6.07, 6.45) is 0. The van der Waals surface area contributed by atoms with Gasteiger partial charge in [0.2, 0.25) is 0 Å². The van der Waals surface area contributed by atoms with Crippen LogP contribution in [0.1, 0.15) is 27.7 Å². The van der Waals surface area contributed by atoms with Crippen molar-refractivity contribution in [1.29, 1.82) is 0 Å². The topological polar surface area (TPSA) is 17.1 Å². The molecule has 0 aromatic heterocycles. The van der Waals surface area contributed by atoms with E-state index in [4.69, 9.17) is 0 Å². The summed E-state index contributed by atoms with van der Waals surface area (Å²) in [5.74, 6) is 0. The van der Waals surface area contributed by atoms with Crippen molar-refractivity contribution in [2.45, 2.75) is 34.9 Å². The summed E-state index contributed by atoms with van der Waals surface area (Å²) in [5.41, 5.74) is 0. The SMILES string of the molecule is C[CH](C)[Zr](=[O])[CH](C)C. The third kappa shape index (κ3) is 2.86. The Hall–Kier alpha value is 0.683. The van der Waals surface area contributed by atoms with Gasteiger partial charge in [-0.05, 0) is 0 Å². The summed E-state index contributed by atoms with van der Waals surface area (Å²) in [4.78, 5) is 0. The van der Waals surface area contributed by atoms with Gasteiger partial charge in [0.15, 0.2) is 0 Å². The van der Waals surface area contributed by atoms with Crippen molar-refractivity contribution in [2.75, 3.05) is 0 Å². The minimum atomic E-state index is -2.11. The molecular formula is C6H14OZr. The predicted octanol–water partition coefficient (Wildman–Crippen LogP) is 2.61. The molecule has 0 saturated heterocycles. The zero-order chi connectivity index (χ0) is 6.73. The van der Waals surface area contributed by atoms with Crippen LogP contribution in [0, 0.1) is 0 Å². The van der Waals surface area contributed by atoms with Gasteiger partial charge >= 0.3 is 59.5 Å². The maximum absolute atomic E-state index is 11.1. The van der Waals surface area contributed by atoms with E-state index in [1.54, 1.807) is 0 Å². The fraction of sp³-hybridized carbons (Fsp3) is 1.00. The molecule has 0 aliphatic carbocycles. The normalized spacial score (nSPS) is 10.8. The van der Waals surface area contributed by atoms with Crippen LogP contribution in [-0.4, -0.2) is 0 Å². The van der Waals surface area contributed by atoms with E-state index >= 15 is 0 Å². The summed E-state index contributed by atoms with van der Waals surface area (Å²) in [7, 11) is 0. The van der Waals surface area contributed by atoms with Crippen molar-refractivity contribution < 1.29 is 24.6 Å². The first-order valence-corrected chi connectivity index (χ1v) is 6.93. The Morgan fingerprint density at radius 3 is 1.25 bits per heavy atom. The maximum atomic E-state index is 11.1. The number of hydrogen-bond acceptors (Lipinski definition) is 1. The standard InChI is InChI=1S/2C3H7.O.Zr/c2*1-3-2;;/h2*3H,1-2H3;;. The second kappa shape index (κ2) is 3.66. The molecule has 0 fully saturated rings. The molecule has 0 spiro atoms. The van der Waals surface area contributed by atoms with Crippen molar-refractivity contribution in [3.63, 3.8) is 0 Å². The molecule has 0 aromatic rings. The third-order valence-electron chi connectivity index (χ3n) is 1.14. The predicted molar refractivity (Wildman–Crippen MR) is 30.9 cm³/mol. The number of rotatable bonds is 2. The summed E-state index contributed by atoms with van der Waals surface area (Å²) in [6.45, 7) is 8.23. The van der Waals surface area contributed by atoms with Crippen LogP contribution in [0.3, 0.4) is 0 Å². The van der Waals surface area contributed by atoms with E-state index in [2.05, 4.69) is 27.7 Å². The summed E-state index contributed by atoms with van der Waals surface area (Å²) >= 11 is -2.11. The van der Waals surface area contributed by atoms with Gasteiger partial charge in [-0.25, -0.2) is 0 Å². The van der Waals surface area contributed by atoms with Gasteiger partial charge in [0.1, 0.15) is 0 Å². The quantitative estimate of drug-likeness (QED) is 0.659. The van der Waals surface area contributed by atoms with Crippen molar-refractivity contribution >= 4 is 0 Å². The van der Waals surface area contributed by atoms with Gasteiger partial charge in [-0.2, -0.15) is 0 Å². The molecule has 8 heavy (non-hydrogen) atoms. The molecule has 0 bridgehead atoms. The molecule has 0 N–H and O–H groups in total. The van der Waals surface area contributed by atoms with Crippen LogP contribution in [0.15, 0.2) is 0 Å². The molecule has 0 aliphatic heterocycles. The molecule has 0 aromatic carbocycles. The monoisotopic (exact) mass is 192 g/mol. The second-order valence-corrected chi connectivity index (χ2v) is 10.4. The molecule has 0 amide bonds. The Balaban J connectivity index is 3.65. The van der Waals surface area contributed by atoms with E-state index in [9.17, 15) is 2.81 Å². The van der Waals surface area contributed by atoms with E-state index in [1.165, 1.54) is 0 Å². The first-order valence-electron chi connectivity index (χ1n) is 3.09. The molecule has 0 aliphatic rings. The van der Waals surface area contributed by atoms with Crippen LogP contribution in [0.4, 0.5) is 0 Å². The molecular weight excluding hydrogens is 179 g/mol. The molecule has 0 saturated carbocycles. The van der Waals surface area contributed by atoms with Crippen LogP contribution < -0.4 is 0 Å². The fourth-order valence-electron chi connectivity index (χ4n) is 0.667. The Bertz CT molecular complexity index is 76.5. The van der Waals surface area contributed by atoms with Crippen LogP contribution >= 0.6 is 0 Å². The Labute approximate surface area is 59.6 Å². The summed E-state index contributed by atoms with van der Waals surface area (Å²) in [6, 6.07) is 0. The zero-order valence-electron chi connectivity index (χ0n) is 6.06. The van der Waals surface area contributed by atoms with Crippen LogP contribution in [-0.2, 0) is 24.6 Å². The molecule has 0 unspecified atom stereocenters. The van der Waals surface area contributed by atoms with Crippen molar-refractivity contribution in [3.05, 3.63) is 0 Å². The van der Waals surface area contributed by atoms with E-state index in [1.807, 2.05) is 0 Å². The van der Waals surface area contributed by atoms with Crippen molar-refractivity contribution in [1.82, 2.24) is 0 Å². The van der Waals surface area contributed by atoms with E-state index in [0.29, 0.717) is 7.25 Å². The van der Waals surface area contributed by atoms with Crippen LogP contribution in [0.25, 0.3) is 0 Å². The Morgan fingerprint density at radius 2 is 1.25 bits per heavy atom. The van der Waals surface area contributed by atoms with Gasteiger partial charge < -0.3 is 0 Å². The molecule has 0 radical (unpaired) electrons. The van der Waals surface area contributed by atoms with Gasteiger partial charge in [-0.3, -0.25) is 0 Å². The number of hydrogen-bond donors (Lipinski definition) is 0. The minimum absolute atomic E-state index is 0.484. The average molecular weight is 193 g/mol. The Kier molecular flexibility index (Phi) is 3.97. The second-order valence-electron chi connectivity index (χ2n) is 2.71. The van der Waals surface area contributed by atoms with E-state index in [0.717, 1.165) is 0 Å². The van der Waals surface area contributed by atoms with Crippen LogP contribution in [0.5, 0.6) is 0 Å². The molecule has 48 valence electrons. The molecule has 0 atom stereocenters. The van der Waals surface area contributed by atoms with Gasteiger partial charge in [0.25, 0.3) is 0 Å². The van der Waals surface area contributed by atoms with Crippen molar-refractivity contribution in [3.8, 4) is 0 Å². The summed E-state index contributed by atoms with van der Waals surface area (Å²) < 4.78 is 12.1. The van der Waals surface area contributed by atoms with Crippen molar-refractivity contribution in [2.24, 2.45) is 0 Å². The fourth-order valence-corrected chi connectivity index (χ4v) is 3.94. The molecule has 1 nitrogen and oxygen atoms in total. The zero-order valence-corrected chi connectivity index (χ0v) is 8.52. The first kappa shape index (κ1) is 8.68. The third-order valence-corrected chi connectivity index (χ3v) is 6.73. The van der Waals surface area contributed by atoms with Gasteiger partial charge in [0.05, 0.1) is 0 Å². The van der Waals surface area contributed by atoms with Gasteiger partial charge in [0, 0.05) is 0 Å². The molecule has 0 heterocycles. The van der Waals surface area contributed by atoms with Crippen LogP contribution in [0.2, 0.25) is 7.25 Å². The Morgan fingerprint density at radius 1 is 1.00 bits per heavy atom. The van der Waals surface area contributed by atoms with Gasteiger partial charge in [-0.15, -0.1) is 0 Å². The molecule has 0 rings (SSSR count). The van der Waals surface area contributed by atoms with E-state index in [-0.39, 0.29) is 0 Å². The average Bonchev–Trinajstić information content (AvgIpc) is 1.64. The van der Waals surface area contributed by atoms with E-state index < -0.39 is 21.8 Å². The van der Waals surface area contributed by atoms with Gasteiger partial charge in [-0.1, -0.05) is 0 Å². The summed E-state index contributed by atoms with van der Waals surface area (Å²) in [5, 5.41) is 0. The first-order chi connectivity index (χ1) is 3.55. The molecule has 2 heteroatoms.